The lowest BCUT2D eigenvalue weighted by molar-refractivity contribution is 0.113. The zero-order chi connectivity index (χ0) is 14.2. The molecule has 0 amide bonds. The van der Waals surface area contributed by atoms with Crippen molar-refractivity contribution in [3.05, 3.63) is 71.8 Å². The standard InChI is InChI=1S/C17H20ClNO/c18-11-12-19(13-15-7-3-1-4-8-15)14-17(20)16-9-5-2-6-10-16/h1-10,17,20H,11-14H2. The van der Waals surface area contributed by atoms with Gasteiger partial charge in [0.25, 0.3) is 0 Å². The summed E-state index contributed by atoms with van der Waals surface area (Å²) in [4.78, 5) is 2.18. The zero-order valence-corrected chi connectivity index (χ0v) is 12.2. The number of halogens is 1. The molecule has 0 heterocycles. The highest BCUT2D eigenvalue weighted by atomic mass is 35.5. The first-order valence-corrected chi connectivity index (χ1v) is 7.38. The Labute approximate surface area is 125 Å². The molecular formula is C17H20ClNO. The van der Waals surface area contributed by atoms with Gasteiger partial charge in [0.15, 0.2) is 0 Å². The van der Waals surface area contributed by atoms with Crippen LogP contribution in [0.25, 0.3) is 0 Å². The van der Waals surface area contributed by atoms with E-state index >= 15 is 0 Å². The minimum Gasteiger partial charge on any atom is -0.387 e. The molecule has 0 spiro atoms. The third-order valence-electron chi connectivity index (χ3n) is 3.27. The van der Waals surface area contributed by atoms with Gasteiger partial charge >= 0.3 is 0 Å². The number of aliphatic hydroxyl groups is 1. The van der Waals surface area contributed by atoms with Crippen LogP contribution in [0, 0.1) is 0 Å². The third-order valence-corrected chi connectivity index (χ3v) is 3.43. The first-order chi connectivity index (χ1) is 9.79. The van der Waals surface area contributed by atoms with Crippen LogP contribution in [0.4, 0.5) is 0 Å². The van der Waals surface area contributed by atoms with Crippen LogP contribution in [0.3, 0.4) is 0 Å². The second kappa shape index (κ2) is 8.05. The van der Waals surface area contributed by atoms with Gasteiger partial charge in [0.2, 0.25) is 0 Å². The normalized spacial score (nSPS) is 12.6. The molecule has 20 heavy (non-hydrogen) atoms. The van der Waals surface area contributed by atoms with E-state index in [9.17, 15) is 5.11 Å². The molecule has 2 aromatic carbocycles. The lowest BCUT2D eigenvalue weighted by atomic mass is 10.1. The first kappa shape index (κ1) is 15.0. The molecule has 1 atom stereocenters. The third kappa shape index (κ3) is 4.64. The average molecular weight is 290 g/mol. The van der Waals surface area contributed by atoms with Gasteiger partial charge in [-0.2, -0.15) is 0 Å². The van der Waals surface area contributed by atoms with Crippen molar-refractivity contribution in [2.75, 3.05) is 19.0 Å². The summed E-state index contributed by atoms with van der Waals surface area (Å²) in [6, 6.07) is 20.0. The SMILES string of the molecule is OC(CN(CCCl)Cc1ccccc1)c1ccccc1. The van der Waals surface area contributed by atoms with Crippen molar-refractivity contribution in [3.8, 4) is 0 Å². The molecule has 0 radical (unpaired) electrons. The maximum Gasteiger partial charge on any atom is 0.0917 e. The smallest absolute Gasteiger partial charge is 0.0917 e. The molecule has 2 nitrogen and oxygen atoms in total. The van der Waals surface area contributed by atoms with Gasteiger partial charge in [-0.1, -0.05) is 60.7 Å². The lowest BCUT2D eigenvalue weighted by Crippen LogP contribution is -2.30. The van der Waals surface area contributed by atoms with Crippen molar-refractivity contribution >= 4 is 11.6 Å². The van der Waals surface area contributed by atoms with Crippen molar-refractivity contribution in [3.63, 3.8) is 0 Å². The van der Waals surface area contributed by atoms with Crippen LogP contribution in [-0.2, 0) is 6.54 Å². The van der Waals surface area contributed by atoms with Gasteiger partial charge in [0.05, 0.1) is 6.10 Å². The largest absolute Gasteiger partial charge is 0.387 e. The van der Waals surface area contributed by atoms with E-state index in [1.807, 2.05) is 48.5 Å². The predicted molar refractivity (Wildman–Crippen MR) is 83.8 cm³/mol. The van der Waals surface area contributed by atoms with Crippen LogP contribution in [-0.4, -0.2) is 29.0 Å². The Morgan fingerprint density at radius 2 is 1.55 bits per heavy atom. The van der Waals surface area contributed by atoms with Crippen molar-refractivity contribution in [2.24, 2.45) is 0 Å². The number of alkyl halides is 1. The Morgan fingerprint density at radius 1 is 0.950 bits per heavy atom. The summed E-state index contributed by atoms with van der Waals surface area (Å²) in [5.74, 6) is 0.564. The molecular weight excluding hydrogens is 270 g/mol. The van der Waals surface area contributed by atoms with Gasteiger partial charge in [-0.05, 0) is 11.1 Å². The van der Waals surface area contributed by atoms with Gasteiger partial charge in [0, 0.05) is 25.5 Å². The monoisotopic (exact) mass is 289 g/mol. The summed E-state index contributed by atoms with van der Waals surface area (Å²) in [6.07, 6.45) is -0.483. The number of benzene rings is 2. The lowest BCUT2D eigenvalue weighted by Gasteiger charge is -2.24. The molecule has 0 aliphatic rings. The first-order valence-electron chi connectivity index (χ1n) is 6.85. The summed E-state index contributed by atoms with van der Waals surface area (Å²) in [5, 5.41) is 10.3. The summed E-state index contributed by atoms with van der Waals surface area (Å²) in [7, 11) is 0. The van der Waals surface area contributed by atoms with Crippen LogP contribution in [0.5, 0.6) is 0 Å². The van der Waals surface area contributed by atoms with Crippen LogP contribution in [0.1, 0.15) is 17.2 Å². The fourth-order valence-electron chi connectivity index (χ4n) is 2.22. The molecule has 0 aliphatic carbocycles. The fourth-order valence-corrected chi connectivity index (χ4v) is 2.46. The van der Waals surface area contributed by atoms with Crippen LogP contribution < -0.4 is 0 Å². The van der Waals surface area contributed by atoms with E-state index in [-0.39, 0.29) is 0 Å². The second-order valence-corrected chi connectivity index (χ2v) is 5.21. The Morgan fingerprint density at radius 3 is 2.15 bits per heavy atom. The maximum absolute atomic E-state index is 10.3. The Bertz CT molecular complexity index is 489. The van der Waals surface area contributed by atoms with Crippen molar-refractivity contribution in [1.82, 2.24) is 4.90 Å². The van der Waals surface area contributed by atoms with E-state index in [4.69, 9.17) is 11.6 Å². The van der Waals surface area contributed by atoms with E-state index in [0.29, 0.717) is 12.4 Å². The molecule has 1 unspecified atom stereocenters. The summed E-state index contributed by atoms with van der Waals surface area (Å²) < 4.78 is 0. The van der Waals surface area contributed by atoms with Gasteiger partial charge in [-0.3, -0.25) is 4.90 Å². The molecule has 3 heteroatoms. The van der Waals surface area contributed by atoms with Crippen molar-refractivity contribution in [1.29, 1.82) is 0 Å². The van der Waals surface area contributed by atoms with E-state index in [0.717, 1.165) is 18.7 Å². The molecule has 2 aromatic rings. The Balaban J connectivity index is 1.98. The second-order valence-electron chi connectivity index (χ2n) is 4.84. The number of hydrogen-bond acceptors (Lipinski definition) is 2. The number of aliphatic hydroxyl groups excluding tert-OH is 1. The topological polar surface area (TPSA) is 23.5 Å². The van der Waals surface area contributed by atoms with Gasteiger partial charge in [-0.25, -0.2) is 0 Å². The summed E-state index contributed by atoms with van der Waals surface area (Å²) in [5.41, 5.74) is 2.18. The maximum atomic E-state index is 10.3. The minimum absolute atomic E-state index is 0.483. The number of hydrogen-bond donors (Lipinski definition) is 1. The molecule has 0 fully saturated rings. The number of nitrogens with zero attached hydrogens (tertiary/aromatic N) is 1. The summed E-state index contributed by atoms with van der Waals surface area (Å²) in [6.45, 7) is 2.16. The molecule has 0 aromatic heterocycles. The average Bonchev–Trinajstić information content (AvgIpc) is 2.49. The Hall–Kier alpha value is -1.35. The molecule has 0 aliphatic heterocycles. The highest BCUT2D eigenvalue weighted by Gasteiger charge is 2.13. The van der Waals surface area contributed by atoms with E-state index in [1.165, 1.54) is 5.56 Å². The summed E-state index contributed by atoms with van der Waals surface area (Å²) >= 11 is 5.87. The van der Waals surface area contributed by atoms with Crippen molar-refractivity contribution in [2.45, 2.75) is 12.6 Å². The quantitative estimate of drug-likeness (QED) is 0.789. The molecule has 2 rings (SSSR count). The van der Waals surface area contributed by atoms with Crippen LogP contribution in [0.15, 0.2) is 60.7 Å². The van der Waals surface area contributed by atoms with E-state index < -0.39 is 6.10 Å². The van der Waals surface area contributed by atoms with Crippen LogP contribution in [0.2, 0.25) is 0 Å². The van der Waals surface area contributed by atoms with Gasteiger partial charge in [0.1, 0.15) is 0 Å². The van der Waals surface area contributed by atoms with Crippen LogP contribution >= 0.6 is 11.6 Å². The molecule has 1 N–H and O–H groups in total. The van der Waals surface area contributed by atoms with Gasteiger partial charge in [-0.15, -0.1) is 11.6 Å². The molecule has 0 saturated carbocycles. The van der Waals surface area contributed by atoms with E-state index in [1.54, 1.807) is 0 Å². The minimum atomic E-state index is -0.483. The van der Waals surface area contributed by atoms with Gasteiger partial charge < -0.3 is 5.11 Å². The molecule has 106 valence electrons. The van der Waals surface area contributed by atoms with Crippen molar-refractivity contribution < 1.29 is 5.11 Å². The zero-order valence-electron chi connectivity index (χ0n) is 11.5. The van der Waals surface area contributed by atoms with E-state index in [2.05, 4.69) is 17.0 Å². The highest BCUT2D eigenvalue weighted by Crippen LogP contribution is 2.15. The predicted octanol–water partition coefficient (Wildman–Crippen LogP) is 3.46. The fraction of sp³-hybridized carbons (Fsp3) is 0.294. The molecule has 0 bridgehead atoms. The highest BCUT2D eigenvalue weighted by molar-refractivity contribution is 6.18. The Kier molecular flexibility index (Phi) is 6.06. The number of rotatable bonds is 7. The molecule has 0 saturated heterocycles.